The van der Waals surface area contributed by atoms with E-state index in [1.165, 1.54) is 0 Å². The highest BCUT2D eigenvalue weighted by molar-refractivity contribution is 6.00. The smallest absolute Gasteiger partial charge is 0.326 e. The number of nitrogens with zero attached hydrogens (tertiary/aromatic N) is 1. The summed E-state index contributed by atoms with van der Waals surface area (Å²) in [5, 5.41) is 139. The molecular weight excluding hydrogens is 1620 g/mol. The Kier molecular flexibility index (Phi) is 49.1. The number of carbonyl (C=O) groups excluding carboxylic acids is 13. The van der Waals surface area contributed by atoms with E-state index in [9.17, 15) is 92.3 Å². The number of aliphatic carboxylic acids is 2. The number of likely N-dealkylation sites (tertiary alicyclic amines) is 1. The van der Waals surface area contributed by atoms with Crippen LogP contribution in [0.15, 0.2) is 30.3 Å². The first kappa shape index (κ1) is 106. The summed E-state index contributed by atoms with van der Waals surface area (Å²) in [5.41, 5.74) is 39.2. The highest BCUT2D eigenvalue weighted by atomic mass is 16.4. The summed E-state index contributed by atoms with van der Waals surface area (Å²) in [4.78, 5) is 208. The Balaban J connectivity index is 2.59. The van der Waals surface area contributed by atoms with Crippen molar-refractivity contribution in [1.29, 1.82) is 32.5 Å². The van der Waals surface area contributed by atoms with Gasteiger partial charge in [0.1, 0.15) is 72.5 Å². The highest BCUT2D eigenvalue weighted by Gasteiger charge is 2.41. The van der Waals surface area contributed by atoms with E-state index in [1.807, 2.05) is 5.32 Å². The maximum absolute atomic E-state index is 14.8. The third-order valence-corrected chi connectivity index (χ3v) is 18.4. The standard InChI is InChI=1S/C71H124N32O20/c1-36(2)29-44(97-57(114)41(18-9-25-88-69(79)80)94-56(113)40(17-8-24-87-68(77)78)96-61(118)48(34-105)101-63(120)50-21-12-28-103(50)64(121)49(35-106)102-53(110)38(72)15-6-22-85-66(73)74)60(117)95-42(19-10-26-89-70(81)82)58(115)98-45(30-37-13-4-3-5-14-37)54(111)91-32-51(107)92-39(16-7-23-86-67(75)76)55(112)93-43(20-11-27-90-71(83)84)59(116)100-47(33-104)62(119)99-46(65(122)123)31-52(108)109/h3-5,13-14,36,38-50,104-106H,6-12,15-35,72H2,1-2H3,(H,91,111)(H,92,107)(H,93,112)(H,94,113)(H,95,117)(H,96,118)(H,97,114)(H,98,115)(H,99,119)(H,100,116)(H,101,120)(H,102,110)(H,108,109)(H,122,123)(H4,73,74,85)(H4,75,76,86)(H4,77,78,87)(H4,79,80,88)(H4,81,82,89)(H4,83,84,90)/t38-,39-,40-,41-,42-,43-,44-,45-,46-,47-,48-,49-,50-/m0/s1. The van der Waals surface area contributed by atoms with Crippen LogP contribution in [-0.2, 0) is 78.3 Å². The molecule has 123 heavy (non-hydrogen) atoms. The minimum atomic E-state index is -2.00. The Labute approximate surface area is 708 Å². The molecule has 52 heteroatoms. The highest BCUT2D eigenvalue weighted by Crippen LogP contribution is 2.20. The molecule has 0 spiro atoms. The number of amides is 13. The molecule has 1 aliphatic heterocycles. The number of carboxylic acid groups (broad SMARTS) is 2. The molecule has 688 valence electrons. The largest absolute Gasteiger partial charge is 0.481 e. The van der Waals surface area contributed by atoms with Crippen LogP contribution in [0.25, 0.3) is 0 Å². The normalized spacial score (nSPS) is 15.0. The fourth-order valence-corrected chi connectivity index (χ4v) is 12.1. The average Bonchev–Trinajstić information content (AvgIpc) is 1.68. The molecule has 0 saturated carbocycles. The Hall–Kier alpha value is -13.3. The molecule has 1 aromatic rings. The zero-order valence-electron chi connectivity index (χ0n) is 68.6. The molecule has 0 aliphatic carbocycles. The van der Waals surface area contributed by atoms with E-state index in [-0.39, 0.29) is 148 Å². The van der Waals surface area contributed by atoms with Crippen LogP contribution < -0.4 is 136 Å². The van der Waals surface area contributed by atoms with Gasteiger partial charge in [-0.3, -0.25) is 99.6 Å². The first-order valence-electron chi connectivity index (χ1n) is 39.6. The van der Waals surface area contributed by atoms with Crippen molar-refractivity contribution in [3.63, 3.8) is 0 Å². The van der Waals surface area contributed by atoms with Crippen LogP contribution >= 0.6 is 0 Å². The van der Waals surface area contributed by atoms with E-state index >= 15 is 0 Å². The van der Waals surface area contributed by atoms with Crippen LogP contribution in [0.3, 0.4) is 0 Å². The van der Waals surface area contributed by atoms with Crippen LogP contribution in [0.5, 0.6) is 0 Å². The maximum Gasteiger partial charge on any atom is 0.326 e. The van der Waals surface area contributed by atoms with E-state index in [0.29, 0.717) is 12.0 Å². The molecule has 0 bridgehead atoms. The number of nitrogens with one attached hydrogen (secondary N) is 24. The number of nitrogens with two attached hydrogens (primary N) is 7. The zero-order chi connectivity index (χ0) is 92.4. The summed E-state index contributed by atoms with van der Waals surface area (Å²) in [6.45, 7) is -0.684. The van der Waals surface area contributed by atoms with Gasteiger partial charge in [0.15, 0.2) is 35.8 Å². The van der Waals surface area contributed by atoms with Gasteiger partial charge in [-0.1, -0.05) is 44.2 Å². The summed E-state index contributed by atoms with van der Waals surface area (Å²) < 4.78 is 0. The molecule has 0 aromatic heterocycles. The monoisotopic (exact) mass is 1740 g/mol. The number of carbonyl (C=O) groups is 15. The second-order valence-electron chi connectivity index (χ2n) is 28.9. The van der Waals surface area contributed by atoms with Gasteiger partial charge in [-0.2, -0.15) is 0 Å². The minimum Gasteiger partial charge on any atom is -0.481 e. The molecule has 1 aliphatic rings. The molecule has 2 rings (SSSR count). The third-order valence-electron chi connectivity index (χ3n) is 18.4. The lowest BCUT2D eigenvalue weighted by atomic mass is 10.0. The van der Waals surface area contributed by atoms with Crippen LogP contribution in [0.4, 0.5) is 0 Å². The van der Waals surface area contributed by atoms with Crippen molar-refractivity contribution in [1.82, 2.24) is 101 Å². The van der Waals surface area contributed by atoms with Crippen LogP contribution in [0.2, 0.25) is 0 Å². The van der Waals surface area contributed by atoms with Crippen molar-refractivity contribution in [2.75, 3.05) is 72.2 Å². The molecule has 13 atom stereocenters. The van der Waals surface area contributed by atoms with Gasteiger partial charge in [0.05, 0.1) is 38.8 Å². The lowest BCUT2D eigenvalue weighted by Gasteiger charge is -2.30. The topological polar surface area (TPSA) is 902 Å². The lowest BCUT2D eigenvalue weighted by molar-refractivity contribution is -0.147. The Bertz CT molecular complexity index is 3770. The molecule has 1 fully saturated rings. The van der Waals surface area contributed by atoms with Gasteiger partial charge in [0, 0.05) is 52.2 Å². The van der Waals surface area contributed by atoms with E-state index in [4.69, 9.17) is 77.7 Å². The fraction of sp³-hybridized carbons (Fsp3) is 0.620. The first-order valence-corrected chi connectivity index (χ1v) is 39.6. The summed E-state index contributed by atoms with van der Waals surface area (Å²) in [6, 6.07) is -12.7. The molecule has 1 saturated heterocycles. The molecule has 1 heterocycles. The van der Waals surface area contributed by atoms with Gasteiger partial charge in [-0.05, 0) is 108 Å². The Morgan fingerprint density at radius 3 is 1.09 bits per heavy atom. The summed E-state index contributed by atoms with van der Waals surface area (Å²) >= 11 is 0. The predicted octanol–water partition coefficient (Wildman–Crippen LogP) is -12.8. The summed E-state index contributed by atoms with van der Waals surface area (Å²) in [6.07, 6.45) is -2.10. The number of aliphatic hydroxyl groups excluding tert-OH is 3. The molecule has 1 aromatic carbocycles. The number of carboxylic acids is 2. The van der Waals surface area contributed by atoms with Crippen LogP contribution in [0, 0.1) is 38.4 Å². The molecule has 43 N–H and O–H groups in total. The number of benzene rings is 1. The van der Waals surface area contributed by atoms with Gasteiger partial charge in [0.2, 0.25) is 76.8 Å². The van der Waals surface area contributed by atoms with Crippen molar-refractivity contribution in [2.45, 2.75) is 202 Å². The number of hydrogen-bond acceptors (Lipinski definition) is 25. The maximum atomic E-state index is 14.8. The molecule has 52 nitrogen and oxygen atoms in total. The average molecular weight is 1750 g/mol. The van der Waals surface area contributed by atoms with Gasteiger partial charge in [-0.25, -0.2) is 4.79 Å². The third kappa shape index (κ3) is 43.0. The Morgan fingerprint density at radius 1 is 0.398 bits per heavy atom. The van der Waals surface area contributed by atoms with Crippen molar-refractivity contribution < 1.29 is 97.5 Å². The van der Waals surface area contributed by atoms with Gasteiger partial charge >= 0.3 is 11.9 Å². The fourth-order valence-electron chi connectivity index (χ4n) is 12.1. The van der Waals surface area contributed by atoms with Gasteiger partial charge in [-0.15, -0.1) is 0 Å². The van der Waals surface area contributed by atoms with Crippen molar-refractivity contribution in [3.8, 4) is 0 Å². The molecule has 0 radical (unpaired) electrons. The van der Waals surface area contributed by atoms with E-state index in [1.54, 1.807) is 44.2 Å². The molecule has 13 amide bonds. The summed E-state index contributed by atoms with van der Waals surface area (Å²) in [5.74, 6) is -19.7. The molecule has 0 unspecified atom stereocenters. The number of rotatable bonds is 59. The van der Waals surface area contributed by atoms with Crippen molar-refractivity contribution in [2.24, 2.45) is 46.1 Å². The van der Waals surface area contributed by atoms with Crippen molar-refractivity contribution >= 4 is 124 Å². The number of aliphatic hydroxyl groups is 3. The minimum absolute atomic E-state index is 0.000602. The van der Waals surface area contributed by atoms with E-state index in [2.05, 4.69) is 90.4 Å². The first-order chi connectivity index (χ1) is 58.1. The molecular formula is C71H124N32O20. The van der Waals surface area contributed by atoms with Crippen molar-refractivity contribution in [3.05, 3.63) is 35.9 Å². The van der Waals surface area contributed by atoms with Crippen LogP contribution in [-0.4, -0.2) is 306 Å². The summed E-state index contributed by atoms with van der Waals surface area (Å²) in [7, 11) is 0. The quantitative estimate of drug-likeness (QED) is 0.0164. The number of guanidine groups is 6. The SMILES string of the molecule is CC(C)C[C@H](NC(=O)[C@H](CCCNC(=N)N)NC(=O)[C@H](CCCNC(=N)N)NC(=O)[C@H](CO)NC(=O)[C@@H]1CCCN1C(=O)[C@H](CO)NC(=O)[C@@H](N)CCCNC(=N)N)C(=O)N[C@@H](CCCNC(=N)N)C(=O)N[C@@H](Cc1ccccc1)C(=O)NCC(=O)N[C@@H](CCCNC(=N)N)C(=O)N[C@@H](CCCNC(=N)N)C(=O)N[C@@H](CO)C(=O)N[C@@H](CC(=O)O)C(=O)O. The predicted molar refractivity (Wildman–Crippen MR) is 443 cm³/mol. The van der Waals surface area contributed by atoms with E-state index in [0.717, 1.165) is 4.90 Å². The number of hydrogen-bond donors (Lipinski definition) is 36. The zero-order valence-corrected chi connectivity index (χ0v) is 68.6. The van der Waals surface area contributed by atoms with Gasteiger partial charge in [0.25, 0.3) is 0 Å². The van der Waals surface area contributed by atoms with Gasteiger partial charge < -0.3 is 166 Å². The lowest BCUT2D eigenvalue weighted by Crippen LogP contribution is -2.61. The second-order valence-corrected chi connectivity index (χ2v) is 28.9. The van der Waals surface area contributed by atoms with E-state index < -0.39 is 236 Å². The van der Waals surface area contributed by atoms with Crippen LogP contribution in [0.1, 0.15) is 122 Å². The second kappa shape index (κ2) is 57.0. The Morgan fingerprint density at radius 2 is 0.724 bits per heavy atom.